The summed E-state index contributed by atoms with van der Waals surface area (Å²) in [6, 6.07) is 2.36. The first-order chi connectivity index (χ1) is 7.24. The van der Waals surface area contributed by atoms with Gasteiger partial charge in [-0.1, -0.05) is 6.08 Å². The third kappa shape index (κ3) is 1.84. The average molecular weight is 221 g/mol. The summed E-state index contributed by atoms with van der Waals surface area (Å²) in [6.45, 7) is 4.83. The summed E-state index contributed by atoms with van der Waals surface area (Å²) in [5.74, 6) is 0.127. The first-order valence-corrected chi connectivity index (χ1v) is 6.11. The maximum atomic E-state index is 11.8. The zero-order chi connectivity index (χ0) is 10.8. The molecule has 1 amide bonds. The van der Waals surface area contributed by atoms with Gasteiger partial charge in [0.2, 0.25) is 5.91 Å². The molecule has 0 N–H and O–H groups in total. The van der Waals surface area contributed by atoms with Crippen LogP contribution in [0.5, 0.6) is 0 Å². The molecule has 0 radical (unpaired) electrons. The van der Waals surface area contributed by atoms with Gasteiger partial charge in [0.1, 0.15) is 0 Å². The van der Waals surface area contributed by atoms with Crippen molar-refractivity contribution in [2.45, 2.75) is 26.3 Å². The lowest BCUT2D eigenvalue weighted by molar-refractivity contribution is -0.128. The second-order valence-electron chi connectivity index (χ2n) is 3.76. The number of hydrogen-bond donors (Lipinski definition) is 0. The molecule has 0 bridgehead atoms. The van der Waals surface area contributed by atoms with E-state index in [0.717, 1.165) is 13.0 Å². The minimum atomic E-state index is 0.127. The standard InChI is InChI=1S/C12H15NOS/c1-3-4-12(14)13-7-5-11-10(9(13)2)6-8-15-11/h3-4,6,8-9H,5,7H2,1-2H3/b4-3+. The number of carbonyl (C=O) groups is 1. The van der Waals surface area contributed by atoms with Crippen LogP contribution >= 0.6 is 11.3 Å². The summed E-state index contributed by atoms with van der Waals surface area (Å²) in [6.07, 6.45) is 4.45. The van der Waals surface area contributed by atoms with Crippen LogP contribution in [0, 0.1) is 0 Å². The minimum absolute atomic E-state index is 0.127. The number of rotatable bonds is 1. The van der Waals surface area contributed by atoms with Crippen LogP contribution in [0.3, 0.4) is 0 Å². The van der Waals surface area contributed by atoms with Crippen LogP contribution in [0.4, 0.5) is 0 Å². The molecular formula is C12H15NOS. The van der Waals surface area contributed by atoms with Gasteiger partial charge in [-0.05, 0) is 43.4 Å². The average Bonchev–Trinajstić information content (AvgIpc) is 2.67. The smallest absolute Gasteiger partial charge is 0.246 e. The van der Waals surface area contributed by atoms with Gasteiger partial charge in [-0.2, -0.15) is 0 Å². The van der Waals surface area contributed by atoms with E-state index in [9.17, 15) is 4.79 Å². The minimum Gasteiger partial charge on any atom is -0.332 e. The van der Waals surface area contributed by atoms with Gasteiger partial charge in [-0.3, -0.25) is 4.79 Å². The normalized spacial score (nSPS) is 20.7. The quantitative estimate of drug-likeness (QED) is 0.668. The lowest BCUT2D eigenvalue weighted by atomic mass is 10.0. The molecule has 2 heterocycles. The highest BCUT2D eigenvalue weighted by Gasteiger charge is 2.26. The molecule has 80 valence electrons. The lowest BCUT2D eigenvalue weighted by Gasteiger charge is -2.32. The molecule has 1 aromatic rings. The maximum Gasteiger partial charge on any atom is 0.246 e. The lowest BCUT2D eigenvalue weighted by Crippen LogP contribution is -2.37. The van der Waals surface area contributed by atoms with Crippen LogP contribution in [-0.2, 0) is 11.2 Å². The Kier molecular flexibility index (Phi) is 2.91. The molecule has 3 heteroatoms. The fourth-order valence-electron chi connectivity index (χ4n) is 2.05. The summed E-state index contributed by atoms with van der Waals surface area (Å²) in [5, 5.41) is 2.12. The molecule has 15 heavy (non-hydrogen) atoms. The molecule has 1 aromatic heterocycles. The van der Waals surface area contributed by atoms with Crippen molar-refractivity contribution in [3.05, 3.63) is 34.0 Å². The summed E-state index contributed by atoms with van der Waals surface area (Å²) in [7, 11) is 0. The highest BCUT2D eigenvalue weighted by Crippen LogP contribution is 2.32. The van der Waals surface area contributed by atoms with E-state index in [1.807, 2.05) is 11.8 Å². The molecule has 0 aromatic carbocycles. The Morgan fingerprint density at radius 1 is 1.67 bits per heavy atom. The van der Waals surface area contributed by atoms with Crippen molar-refractivity contribution in [3.63, 3.8) is 0 Å². The molecular weight excluding hydrogens is 206 g/mol. The van der Waals surface area contributed by atoms with E-state index in [2.05, 4.69) is 18.4 Å². The molecule has 2 rings (SSSR count). The maximum absolute atomic E-state index is 11.8. The molecule has 0 spiro atoms. The van der Waals surface area contributed by atoms with Gasteiger partial charge in [0.15, 0.2) is 0 Å². The molecule has 0 saturated heterocycles. The van der Waals surface area contributed by atoms with Crippen molar-refractivity contribution in [2.75, 3.05) is 6.54 Å². The Morgan fingerprint density at radius 2 is 2.47 bits per heavy atom. The Balaban J connectivity index is 2.23. The molecule has 1 atom stereocenters. The van der Waals surface area contributed by atoms with Gasteiger partial charge in [-0.15, -0.1) is 11.3 Å². The van der Waals surface area contributed by atoms with Crippen molar-refractivity contribution in [3.8, 4) is 0 Å². The van der Waals surface area contributed by atoms with E-state index in [4.69, 9.17) is 0 Å². The summed E-state index contributed by atoms with van der Waals surface area (Å²) >= 11 is 1.80. The topological polar surface area (TPSA) is 20.3 Å². The van der Waals surface area contributed by atoms with Crippen molar-refractivity contribution >= 4 is 17.2 Å². The Bertz CT molecular complexity index is 394. The Hall–Kier alpha value is -1.09. The molecule has 0 aliphatic carbocycles. The van der Waals surface area contributed by atoms with Crippen molar-refractivity contribution in [2.24, 2.45) is 0 Å². The summed E-state index contributed by atoms with van der Waals surface area (Å²) in [5.41, 5.74) is 1.32. The number of fused-ring (bicyclic) bond motifs is 1. The highest BCUT2D eigenvalue weighted by atomic mass is 32.1. The van der Waals surface area contributed by atoms with Gasteiger partial charge in [0.05, 0.1) is 6.04 Å². The largest absolute Gasteiger partial charge is 0.332 e. The third-order valence-electron chi connectivity index (χ3n) is 2.87. The van der Waals surface area contributed by atoms with Crippen LogP contribution < -0.4 is 0 Å². The molecule has 0 fully saturated rings. The van der Waals surface area contributed by atoms with Crippen molar-refractivity contribution < 1.29 is 4.79 Å². The van der Waals surface area contributed by atoms with Crippen LogP contribution in [0.2, 0.25) is 0 Å². The van der Waals surface area contributed by atoms with Gasteiger partial charge < -0.3 is 4.90 Å². The second-order valence-corrected chi connectivity index (χ2v) is 4.76. The van der Waals surface area contributed by atoms with E-state index in [1.54, 1.807) is 23.5 Å². The number of amides is 1. The van der Waals surface area contributed by atoms with Gasteiger partial charge in [0.25, 0.3) is 0 Å². The zero-order valence-corrected chi connectivity index (χ0v) is 9.88. The molecule has 1 aliphatic rings. The SMILES string of the molecule is C/C=C/C(=O)N1CCc2sccc2C1C. The molecule has 1 unspecified atom stereocenters. The molecule has 0 saturated carbocycles. The van der Waals surface area contributed by atoms with Crippen LogP contribution in [0.25, 0.3) is 0 Å². The van der Waals surface area contributed by atoms with Gasteiger partial charge >= 0.3 is 0 Å². The summed E-state index contributed by atoms with van der Waals surface area (Å²) in [4.78, 5) is 15.2. The number of allylic oxidation sites excluding steroid dienone is 1. The van der Waals surface area contributed by atoms with Crippen LogP contribution in [0.15, 0.2) is 23.6 Å². The van der Waals surface area contributed by atoms with Crippen LogP contribution in [-0.4, -0.2) is 17.4 Å². The second kappa shape index (κ2) is 4.19. The zero-order valence-electron chi connectivity index (χ0n) is 9.06. The fourth-order valence-corrected chi connectivity index (χ4v) is 3.01. The monoisotopic (exact) mass is 221 g/mol. The van der Waals surface area contributed by atoms with E-state index < -0.39 is 0 Å². The van der Waals surface area contributed by atoms with Gasteiger partial charge in [-0.25, -0.2) is 0 Å². The van der Waals surface area contributed by atoms with E-state index in [1.165, 1.54) is 10.4 Å². The first kappa shape index (κ1) is 10.4. The molecule has 1 aliphatic heterocycles. The van der Waals surface area contributed by atoms with Gasteiger partial charge in [0, 0.05) is 11.4 Å². The van der Waals surface area contributed by atoms with Crippen molar-refractivity contribution in [1.82, 2.24) is 4.90 Å². The van der Waals surface area contributed by atoms with Crippen molar-refractivity contribution in [1.29, 1.82) is 0 Å². The Morgan fingerprint density at radius 3 is 3.20 bits per heavy atom. The highest BCUT2D eigenvalue weighted by molar-refractivity contribution is 7.10. The summed E-state index contributed by atoms with van der Waals surface area (Å²) < 4.78 is 0. The predicted molar refractivity (Wildman–Crippen MR) is 63.0 cm³/mol. The Labute approximate surface area is 94.2 Å². The predicted octanol–water partition coefficient (Wildman–Crippen LogP) is 2.77. The molecule has 2 nitrogen and oxygen atoms in total. The number of carbonyl (C=O) groups excluding carboxylic acids is 1. The van der Waals surface area contributed by atoms with E-state index in [-0.39, 0.29) is 11.9 Å². The van der Waals surface area contributed by atoms with Crippen LogP contribution in [0.1, 0.15) is 30.3 Å². The third-order valence-corrected chi connectivity index (χ3v) is 3.87. The first-order valence-electron chi connectivity index (χ1n) is 5.23. The fraction of sp³-hybridized carbons (Fsp3) is 0.417. The van der Waals surface area contributed by atoms with E-state index >= 15 is 0 Å². The van der Waals surface area contributed by atoms with E-state index in [0.29, 0.717) is 0 Å². The number of nitrogens with zero attached hydrogens (tertiary/aromatic N) is 1. The number of thiophene rings is 1. The number of hydrogen-bond acceptors (Lipinski definition) is 2.